The fraction of sp³-hybridized carbons (Fsp3) is 0.400. The third-order valence-corrected chi connectivity index (χ3v) is 4.90. The fourth-order valence-electron chi connectivity index (χ4n) is 3.04. The molecule has 1 heterocycles. The summed E-state index contributed by atoms with van der Waals surface area (Å²) in [7, 11) is 0. The van der Waals surface area contributed by atoms with E-state index in [9.17, 15) is 14.4 Å². The van der Waals surface area contributed by atoms with Crippen LogP contribution in [0, 0.1) is 19.3 Å². The minimum Gasteiger partial charge on any atom is -0.276 e. The van der Waals surface area contributed by atoms with Crippen molar-refractivity contribution in [3.05, 3.63) is 27.7 Å². The van der Waals surface area contributed by atoms with Gasteiger partial charge in [-0.3, -0.25) is 14.9 Å². The topological polar surface area (TPSA) is 66.5 Å². The average Bonchev–Trinajstić information content (AvgIpc) is 2.29. The number of hydrogen-bond acceptors (Lipinski definition) is 3. The summed E-state index contributed by atoms with van der Waals surface area (Å²) in [6, 6.07) is 3.09. The second kappa shape index (κ2) is 4.66. The number of amides is 4. The van der Waals surface area contributed by atoms with E-state index < -0.39 is 23.3 Å². The number of nitrogens with one attached hydrogen (secondary N) is 1. The third-order valence-electron chi connectivity index (χ3n) is 4.30. The lowest BCUT2D eigenvalue weighted by atomic mass is 9.66. The highest BCUT2D eigenvalue weighted by Gasteiger charge is 2.58. The summed E-state index contributed by atoms with van der Waals surface area (Å²) in [6.07, 6.45) is 1.84. The number of carbonyl (C=O) groups excluding carboxylic acids is 3. The van der Waals surface area contributed by atoms with Crippen molar-refractivity contribution in [1.29, 1.82) is 0 Å². The van der Waals surface area contributed by atoms with Gasteiger partial charge in [0.2, 0.25) is 5.91 Å². The number of benzene rings is 1. The van der Waals surface area contributed by atoms with Gasteiger partial charge in [-0.2, -0.15) is 0 Å². The molecule has 1 aliphatic carbocycles. The summed E-state index contributed by atoms with van der Waals surface area (Å²) in [5, 5.41) is 2.33. The number of aryl methyl sites for hydroxylation is 2. The molecule has 0 unspecified atom stereocenters. The molecule has 0 radical (unpaired) electrons. The maximum atomic E-state index is 12.8. The smallest absolute Gasteiger partial charge is 0.276 e. The Balaban J connectivity index is 2.11. The van der Waals surface area contributed by atoms with Crippen molar-refractivity contribution in [2.45, 2.75) is 33.1 Å². The van der Waals surface area contributed by atoms with Crippen molar-refractivity contribution in [2.24, 2.45) is 5.41 Å². The number of barbiturate groups is 1. The lowest BCUT2D eigenvalue weighted by Crippen LogP contribution is -2.66. The Kier molecular flexibility index (Phi) is 3.16. The first kappa shape index (κ1) is 14.3. The van der Waals surface area contributed by atoms with Gasteiger partial charge in [0.1, 0.15) is 5.41 Å². The molecule has 110 valence electrons. The summed E-state index contributed by atoms with van der Waals surface area (Å²) in [4.78, 5) is 38.1. The van der Waals surface area contributed by atoms with E-state index in [1.165, 1.54) is 0 Å². The van der Waals surface area contributed by atoms with Crippen LogP contribution < -0.4 is 10.2 Å². The van der Waals surface area contributed by atoms with Crippen LogP contribution in [0.4, 0.5) is 10.5 Å². The van der Waals surface area contributed by atoms with Crippen molar-refractivity contribution in [1.82, 2.24) is 5.32 Å². The third kappa shape index (κ3) is 1.92. The van der Waals surface area contributed by atoms with E-state index in [4.69, 9.17) is 0 Å². The van der Waals surface area contributed by atoms with Gasteiger partial charge in [0, 0.05) is 4.47 Å². The van der Waals surface area contributed by atoms with Crippen molar-refractivity contribution >= 4 is 39.5 Å². The monoisotopic (exact) mass is 350 g/mol. The SMILES string of the molecule is Cc1cc(C)c(N2C(=O)NC(=O)C3(CCC3)C2=O)c(Br)c1. The first-order chi connectivity index (χ1) is 9.86. The van der Waals surface area contributed by atoms with Crippen LogP contribution in [0.25, 0.3) is 0 Å². The molecule has 1 aromatic rings. The standard InChI is InChI=1S/C15H15BrN2O3/c1-8-6-9(2)11(10(16)7-8)18-13(20)15(4-3-5-15)12(19)17-14(18)21/h6-7H,3-5H2,1-2H3,(H,17,19,21). The molecular formula is C15H15BrN2O3. The molecule has 4 amide bonds. The number of nitrogens with zero attached hydrogens (tertiary/aromatic N) is 1. The number of rotatable bonds is 1. The zero-order valence-electron chi connectivity index (χ0n) is 11.8. The van der Waals surface area contributed by atoms with Crippen LogP contribution in [0.5, 0.6) is 0 Å². The molecular weight excluding hydrogens is 336 g/mol. The number of carbonyl (C=O) groups is 3. The van der Waals surface area contributed by atoms with Crippen molar-refractivity contribution < 1.29 is 14.4 Å². The van der Waals surface area contributed by atoms with Crippen LogP contribution in [0.1, 0.15) is 30.4 Å². The molecule has 0 atom stereocenters. The lowest BCUT2D eigenvalue weighted by molar-refractivity contribution is -0.148. The Morgan fingerprint density at radius 3 is 2.38 bits per heavy atom. The minimum absolute atomic E-state index is 0.407. The average molecular weight is 351 g/mol. The van der Waals surface area contributed by atoms with E-state index in [0.717, 1.165) is 22.4 Å². The number of hydrogen-bond donors (Lipinski definition) is 1. The zero-order valence-corrected chi connectivity index (χ0v) is 13.4. The Bertz CT molecular complexity index is 656. The quantitative estimate of drug-likeness (QED) is 0.792. The summed E-state index contributed by atoms with van der Waals surface area (Å²) in [5.74, 6) is -0.865. The normalized spacial score (nSPS) is 20.5. The van der Waals surface area contributed by atoms with Crippen LogP contribution >= 0.6 is 15.9 Å². The molecule has 1 aliphatic heterocycles. The second-order valence-electron chi connectivity index (χ2n) is 5.75. The van der Waals surface area contributed by atoms with Crippen LogP contribution in [-0.2, 0) is 9.59 Å². The van der Waals surface area contributed by atoms with E-state index in [0.29, 0.717) is 23.0 Å². The number of anilines is 1. The summed E-state index contributed by atoms with van der Waals surface area (Å²) < 4.78 is 0.673. The Morgan fingerprint density at radius 1 is 1.19 bits per heavy atom. The maximum absolute atomic E-state index is 12.8. The molecule has 1 spiro atoms. The van der Waals surface area contributed by atoms with Crippen LogP contribution in [0.15, 0.2) is 16.6 Å². The predicted molar refractivity (Wildman–Crippen MR) is 80.9 cm³/mol. The van der Waals surface area contributed by atoms with Gasteiger partial charge in [-0.25, -0.2) is 9.69 Å². The molecule has 1 saturated carbocycles. The van der Waals surface area contributed by atoms with Gasteiger partial charge in [0.25, 0.3) is 5.91 Å². The van der Waals surface area contributed by atoms with E-state index in [1.54, 1.807) is 0 Å². The van der Waals surface area contributed by atoms with Gasteiger partial charge < -0.3 is 0 Å². The number of halogens is 1. The van der Waals surface area contributed by atoms with Crippen LogP contribution in [0.2, 0.25) is 0 Å². The van der Waals surface area contributed by atoms with E-state index in [-0.39, 0.29) is 0 Å². The van der Waals surface area contributed by atoms with Crippen molar-refractivity contribution in [2.75, 3.05) is 4.90 Å². The minimum atomic E-state index is -1.05. The molecule has 1 N–H and O–H groups in total. The van der Waals surface area contributed by atoms with E-state index >= 15 is 0 Å². The van der Waals surface area contributed by atoms with E-state index in [2.05, 4.69) is 21.2 Å². The fourth-order valence-corrected chi connectivity index (χ4v) is 3.89. The largest absolute Gasteiger partial charge is 0.335 e. The Labute approximate surface area is 130 Å². The summed E-state index contributed by atoms with van der Waals surface area (Å²) in [6.45, 7) is 3.79. The van der Waals surface area contributed by atoms with Gasteiger partial charge in [0.15, 0.2) is 0 Å². The first-order valence-corrected chi connectivity index (χ1v) is 7.63. The number of imide groups is 2. The van der Waals surface area contributed by atoms with E-state index in [1.807, 2.05) is 26.0 Å². The molecule has 0 bridgehead atoms. The molecule has 6 heteroatoms. The second-order valence-corrected chi connectivity index (χ2v) is 6.60. The molecule has 1 saturated heterocycles. The number of urea groups is 1. The summed E-state index contributed by atoms with van der Waals surface area (Å²) in [5.41, 5.74) is 1.31. The molecule has 21 heavy (non-hydrogen) atoms. The van der Waals surface area contributed by atoms with Gasteiger partial charge in [-0.15, -0.1) is 0 Å². The zero-order chi connectivity index (χ0) is 15.4. The molecule has 2 fully saturated rings. The molecule has 3 rings (SSSR count). The highest BCUT2D eigenvalue weighted by molar-refractivity contribution is 9.10. The van der Waals surface area contributed by atoms with Gasteiger partial charge in [-0.05, 0) is 59.8 Å². The first-order valence-electron chi connectivity index (χ1n) is 6.83. The summed E-state index contributed by atoms with van der Waals surface area (Å²) >= 11 is 3.42. The van der Waals surface area contributed by atoms with Crippen molar-refractivity contribution in [3.8, 4) is 0 Å². The lowest BCUT2D eigenvalue weighted by Gasteiger charge is -2.44. The Morgan fingerprint density at radius 2 is 1.86 bits per heavy atom. The molecule has 2 aliphatic rings. The van der Waals surface area contributed by atoms with Gasteiger partial charge in [-0.1, -0.05) is 12.5 Å². The maximum Gasteiger partial charge on any atom is 0.335 e. The highest BCUT2D eigenvalue weighted by Crippen LogP contribution is 2.46. The highest BCUT2D eigenvalue weighted by atomic mass is 79.9. The van der Waals surface area contributed by atoms with Crippen molar-refractivity contribution in [3.63, 3.8) is 0 Å². The van der Waals surface area contributed by atoms with Gasteiger partial charge in [0.05, 0.1) is 5.69 Å². The Hall–Kier alpha value is -1.69. The van der Waals surface area contributed by atoms with Gasteiger partial charge >= 0.3 is 6.03 Å². The van der Waals surface area contributed by atoms with Crippen LogP contribution in [0.3, 0.4) is 0 Å². The molecule has 5 nitrogen and oxygen atoms in total. The molecule has 0 aromatic heterocycles. The molecule has 1 aromatic carbocycles. The predicted octanol–water partition coefficient (Wildman–Crippen LogP) is 2.82. The van der Waals surface area contributed by atoms with Crippen LogP contribution in [-0.4, -0.2) is 17.8 Å².